The summed E-state index contributed by atoms with van der Waals surface area (Å²) in [6.07, 6.45) is 1.81. The number of methoxy groups -OCH3 is 1. The summed E-state index contributed by atoms with van der Waals surface area (Å²) in [6, 6.07) is 6.49. The van der Waals surface area contributed by atoms with Gasteiger partial charge in [-0.25, -0.2) is 9.37 Å². The number of fused-ring (bicyclic) bond motifs is 1. The molecule has 0 bridgehead atoms. The van der Waals surface area contributed by atoms with Gasteiger partial charge in [0, 0.05) is 50.2 Å². The Hall–Kier alpha value is -1.99. The molecule has 7 heteroatoms. The van der Waals surface area contributed by atoms with E-state index in [1.165, 1.54) is 13.2 Å². The predicted molar refractivity (Wildman–Crippen MR) is 94.0 cm³/mol. The van der Waals surface area contributed by atoms with Crippen LogP contribution in [0.1, 0.15) is 11.6 Å². The topological polar surface area (TPSA) is 45.7 Å². The Morgan fingerprint density at radius 2 is 2.28 bits per heavy atom. The molecule has 0 unspecified atom stereocenters. The zero-order valence-corrected chi connectivity index (χ0v) is 14.8. The van der Waals surface area contributed by atoms with Gasteiger partial charge >= 0.3 is 0 Å². The first kappa shape index (κ1) is 16.5. The molecule has 2 aliphatic heterocycles. The van der Waals surface area contributed by atoms with Gasteiger partial charge in [-0.05, 0) is 17.7 Å². The van der Waals surface area contributed by atoms with E-state index in [4.69, 9.17) is 4.74 Å². The number of hydrogen-bond donors (Lipinski definition) is 0. The first-order chi connectivity index (χ1) is 12.2. The number of likely N-dealkylation sites (tertiary alicyclic amines) is 1. The van der Waals surface area contributed by atoms with Crippen molar-refractivity contribution in [1.82, 2.24) is 9.88 Å². The van der Waals surface area contributed by atoms with Gasteiger partial charge in [-0.1, -0.05) is 12.1 Å². The van der Waals surface area contributed by atoms with Crippen molar-refractivity contribution in [3.63, 3.8) is 0 Å². The number of carbonyl (C=O) groups is 1. The van der Waals surface area contributed by atoms with E-state index in [1.54, 1.807) is 23.5 Å². The van der Waals surface area contributed by atoms with Gasteiger partial charge < -0.3 is 14.5 Å². The van der Waals surface area contributed by atoms with Gasteiger partial charge in [0.15, 0.2) is 5.13 Å². The van der Waals surface area contributed by atoms with E-state index in [9.17, 15) is 9.18 Å². The highest BCUT2D eigenvalue weighted by molar-refractivity contribution is 7.13. The van der Waals surface area contributed by atoms with E-state index < -0.39 is 0 Å². The molecule has 1 aromatic carbocycles. The average molecular weight is 361 g/mol. The van der Waals surface area contributed by atoms with Gasteiger partial charge in [0.25, 0.3) is 0 Å². The normalized spacial score (nSPS) is 25.4. The van der Waals surface area contributed by atoms with Crippen molar-refractivity contribution < 1.29 is 13.9 Å². The lowest BCUT2D eigenvalue weighted by molar-refractivity contribution is -0.136. The van der Waals surface area contributed by atoms with Gasteiger partial charge in [-0.2, -0.15) is 0 Å². The third-order valence-corrected chi connectivity index (χ3v) is 5.96. The second-order valence-corrected chi connectivity index (χ2v) is 7.50. The van der Waals surface area contributed by atoms with Crippen molar-refractivity contribution in [2.24, 2.45) is 11.8 Å². The number of anilines is 1. The number of amides is 1. The SMILES string of the molecule is COCC(=O)N1C[C@H]2CN(c3nccs3)C[C@H]2[C@@H]1c1cccc(F)c1. The van der Waals surface area contributed by atoms with Gasteiger partial charge in [0.05, 0.1) is 6.04 Å². The van der Waals surface area contributed by atoms with Gasteiger partial charge in [-0.15, -0.1) is 11.3 Å². The summed E-state index contributed by atoms with van der Waals surface area (Å²) < 4.78 is 18.8. The van der Waals surface area contributed by atoms with Crippen molar-refractivity contribution in [1.29, 1.82) is 0 Å². The summed E-state index contributed by atoms with van der Waals surface area (Å²) in [4.78, 5) is 21.1. The van der Waals surface area contributed by atoms with Gasteiger partial charge in [-0.3, -0.25) is 4.79 Å². The molecule has 1 aromatic heterocycles. The summed E-state index contributed by atoms with van der Waals surface area (Å²) in [5.74, 6) is 0.325. The fourth-order valence-corrected chi connectivity index (χ4v) is 4.82. The molecule has 4 rings (SSSR count). The summed E-state index contributed by atoms with van der Waals surface area (Å²) in [6.45, 7) is 2.44. The van der Waals surface area contributed by atoms with E-state index in [0.717, 1.165) is 23.8 Å². The zero-order chi connectivity index (χ0) is 17.4. The lowest BCUT2D eigenvalue weighted by Crippen LogP contribution is -2.37. The number of hydrogen-bond acceptors (Lipinski definition) is 5. The molecule has 0 radical (unpaired) electrons. The molecule has 2 aliphatic rings. The number of halogens is 1. The van der Waals surface area contributed by atoms with Crippen LogP contribution in [0.4, 0.5) is 9.52 Å². The molecule has 0 aliphatic carbocycles. The minimum atomic E-state index is -0.269. The standard InChI is InChI=1S/C18H20FN3O2S/c1-24-11-16(23)22-9-13-8-21(18-20-5-6-25-18)10-15(13)17(22)12-3-2-4-14(19)7-12/h2-7,13,15,17H,8-11H2,1H3/t13-,15-,17+/m1/s1. The van der Waals surface area contributed by atoms with Crippen molar-refractivity contribution in [2.45, 2.75) is 6.04 Å². The molecule has 5 nitrogen and oxygen atoms in total. The van der Waals surface area contributed by atoms with Crippen LogP contribution in [-0.4, -0.2) is 49.1 Å². The van der Waals surface area contributed by atoms with Crippen LogP contribution in [0.15, 0.2) is 35.8 Å². The maximum absolute atomic E-state index is 13.8. The number of nitrogens with zero attached hydrogens (tertiary/aromatic N) is 3. The molecular weight excluding hydrogens is 341 g/mol. The van der Waals surface area contributed by atoms with Crippen molar-refractivity contribution >= 4 is 22.4 Å². The van der Waals surface area contributed by atoms with Crippen LogP contribution in [0, 0.1) is 17.7 Å². The minimum Gasteiger partial charge on any atom is -0.375 e. The fraction of sp³-hybridized carbons (Fsp3) is 0.444. The summed E-state index contributed by atoms with van der Waals surface area (Å²) in [5.41, 5.74) is 0.859. The first-order valence-corrected chi connectivity index (χ1v) is 9.23. The van der Waals surface area contributed by atoms with Crippen LogP contribution < -0.4 is 4.90 Å². The Labute approximate surface area is 150 Å². The Balaban J connectivity index is 1.64. The molecule has 2 aromatic rings. The van der Waals surface area contributed by atoms with Crippen LogP contribution in [-0.2, 0) is 9.53 Å². The molecule has 2 fully saturated rings. The molecule has 1 amide bonds. The van der Waals surface area contributed by atoms with E-state index in [0.29, 0.717) is 12.5 Å². The minimum absolute atomic E-state index is 0.0352. The largest absolute Gasteiger partial charge is 0.375 e. The third-order valence-electron chi connectivity index (χ3n) is 5.13. The van der Waals surface area contributed by atoms with E-state index >= 15 is 0 Å². The Morgan fingerprint density at radius 1 is 1.40 bits per heavy atom. The monoisotopic (exact) mass is 361 g/mol. The Bertz CT molecular complexity index is 755. The highest BCUT2D eigenvalue weighted by Gasteiger charge is 2.49. The van der Waals surface area contributed by atoms with Gasteiger partial charge in [0.1, 0.15) is 12.4 Å². The molecule has 25 heavy (non-hydrogen) atoms. The maximum atomic E-state index is 13.8. The molecule has 3 heterocycles. The Kier molecular flexibility index (Phi) is 4.43. The smallest absolute Gasteiger partial charge is 0.249 e. The first-order valence-electron chi connectivity index (χ1n) is 8.35. The number of carbonyl (C=O) groups excluding carboxylic acids is 1. The number of thiazole rings is 1. The molecular formula is C18H20FN3O2S. The molecule has 2 saturated heterocycles. The van der Waals surface area contributed by atoms with Gasteiger partial charge in [0.2, 0.25) is 5.91 Å². The number of benzene rings is 1. The predicted octanol–water partition coefficient (Wildman–Crippen LogP) is 2.56. The quantitative estimate of drug-likeness (QED) is 0.840. The summed E-state index contributed by atoms with van der Waals surface area (Å²) >= 11 is 1.63. The third kappa shape index (κ3) is 3.02. The highest BCUT2D eigenvalue weighted by Crippen LogP contribution is 2.46. The second kappa shape index (κ2) is 6.72. The van der Waals surface area contributed by atoms with Crippen LogP contribution in [0.5, 0.6) is 0 Å². The lowest BCUT2D eigenvalue weighted by Gasteiger charge is -2.29. The number of ether oxygens (including phenoxy) is 1. The van der Waals surface area contributed by atoms with E-state index in [2.05, 4.69) is 9.88 Å². The van der Waals surface area contributed by atoms with Crippen LogP contribution in [0.2, 0.25) is 0 Å². The number of aromatic nitrogens is 1. The lowest BCUT2D eigenvalue weighted by atomic mass is 9.89. The van der Waals surface area contributed by atoms with Crippen molar-refractivity contribution in [2.75, 3.05) is 38.3 Å². The maximum Gasteiger partial charge on any atom is 0.249 e. The van der Waals surface area contributed by atoms with Crippen LogP contribution in [0.3, 0.4) is 0 Å². The molecule has 3 atom stereocenters. The fourth-order valence-electron chi connectivity index (χ4n) is 4.15. The zero-order valence-electron chi connectivity index (χ0n) is 14.0. The summed E-state index contributed by atoms with van der Waals surface area (Å²) in [7, 11) is 1.52. The number of rotatable bonds is 4. The summed E-state index contributed by atoms with van der Waals surface area (Å²) in [5, 5.41) is 2.99. The highest BCUT2D eigenvalue weighted by atomic mass is 32.1. The van der Waals surface area contributed by atoms with E-state index in [-0.39, 0.29) is 30.3 Å². The van der Waals surface area contributed by atoms with Crippen LogP contribution >= 0.6 is 11.3 Å². The molecule has 0 N–H and O–H groups in total. The molecule has 0 spiro atoms. The second-order valence-electron chi connectivity index (χ2n) is 6.62. The Morgan fingerprint density at radius 3 is 3.00 bits per heavy atom. The molecule has 0 saturated carbocycles. The van der Waals surface area contributed by atoms with Crippen molar-refractivity contribution in [3.8, 4) is 0 Å². The van der Waals surface area contributed by atoms with Crippen LogP contribution in [0.25, 0.3) is 0 Å². The van der Waals surface area contributed by atoms with E-state index in [1.807, 2.05) is 22.5 Å². The molecule has 132 valence electrons. The van der Waals surface area contributed by atoms with Crippen molar-refractivity contribution in [3.05, 3.63) is 47.2 Å². The average Bonchev–Trinajstić information content (AvgIpc) is 3.30.